The van der Waals surface area contributed by atoms with Gasteiger partial charge in [0.2, 0.25) is 0 Å². The average Bonchev–Trinajstić information content (AvgIpc) is 3.40. The number of allylic oxidation sites excluding steroid dienone is 5. The van der Waals surface area contributed by atoms with E-state index >= 15 is 0 Å². The second-order valence-corrected chi connectivity index (χ2v) is 7.63. The van der Waals surface area contributed by atoms with Crippen molar-refractivity contribution in [1.82, 2.24) is 0 Å². The van der Waals surface area contributed by atoms with Crippen LogP contribution in [0.1, 0.15) is 84.5 Å². The molecule has 1 aliphatic rings. The van der Waals surface area contributed by atoms with E-state index in [-0.39, 0.29) is 18.6 Å². The number of carboxylic acid groups (broad SMARTS) is 1. The molecule has 1 aliphatic heterocycles. The van der Waals surface area contributed by atoms with Gasteiger partial charge in [0.15, 0.2) is 0 Å². The fraction of sp³-hybridized carbons (Fsp3) is 0.696. The first-order chi connectivity index (χ1) is 13.0. The zero-order chi connectivity index (χ0) is 20.0. The summed E-state index contributed by atoms with van der Waals surface area (Å²) >= 11 is 0. The van der Waals surface area contributed by atoms with E-state index in [1.165, 1.54) is 25.7 Å². The molecule has 27 heavy (non-hydrogen) atoms. The van der Waals surface area contributed by atoms with E-state index in [2.05, 4.69) is 31.2 Å². The van der Waals surface area contributed by atoms with Crippen molar-refractivity contribution in [1.29, 1.82) is 0 Å². The summed E-state index contributed by atoms with van der Waals surface area (Å²) in [6.07, 6.45) is 23.0. The number of hydrogen-bond acceptors (Lipinski definition) is 3. The Hall–Kier alpha value is -1.39. The molecule has 4 heteroatoms. The van der Waals surface area contributed by atoms with Gasteiger partial charge in [0.1, 0.15) is 11.7 Å². The Balaban J connectivity index is 2.11. The lowest BCUT2D eigenvalue weighted by molar-refractivity contribution is -0.137. The van der Waals surface area contributed by atoms with Crippen LogP contribution in [0.3, 0.4) is 0 Å². The van der Waals surface area contributed by atoms with Crippen LogP contribution in [0.5, 0.6) is 0 Å². The summed E-state index contributed by atoms with van der Waals surface area (Å²) in [6.45, 7) is 4.01. The first-order valence-electron chi connectivity index (χ1n) is 10.5. The zero-order valence-corrected chi connectivity index (χ0v) is 17.1. The number of ether oxygens (including phenoxy) is 1. The molecule has 4 nitrogen and oxygen atoms in total. The number of aliphatic hydroxyl groups is 1. The molecule has 1 fully saturated rings. The van der Waals surface area contributed by atoms with Crippen molar-refractivity contribution in [2.75, 3.05) is 0 Å². The molecular formula is C23H38O4. The van der Waals surface area contributed by atoms with Crippen LogP contribution in [-0.2, 0) is 9.53 Å². The van der Waals surface area contributed by atoms with E-state index in [0.717, 1.165) is 32.1 Å². The average molecular weight is 379 g/mol. The van der Waals surface area contributed by atoms with Crippen molar-refractivity contribution in [3.8, 4) is 0 Å². The van der Waals surface area contributed by atoms with Gasteiger partial charge in [-0.15, -0.1) is 0 Å². The second kappa shape index (κ2) is 13.7. The summed E-state index contributed by atoms with van der Waals surface area (Å²) in [7, 11) is 0. The monoisotopic (exact) mass is 378 g/mol. The maximum atomic E-state index is 10.5. The van der Waals surface area contributed by atoms with E-state index in [0.29, 0.717) is 6.42 Å². The van der Waals surface area contributed by atoms with Crippen molar-refractivity contribution in [2.45, 2.75) is 102 Å². The van der Waals surface area contributed by atoms with Crippen LogP contribution in [0.4, 0.5) is 0 Å². The molecule has 0 saturated carbocycles. The SMILES string of the molecule is CCCCC/C=C\C/C=C\C/C=C\C(C)(O)C1OC1CCCCCC(=O)O. The summed E-state index contributed by atoms with van der Waals surface area (Å²) in [5.41, 5.74) is -0.932. The van der Waals surface area contributed by atoms with Crippen molar-refractivity contribution in [3.63, 3.8) is 0 Å². The first-order valence-corrected chi connectivity index (χ1v) is 10.5. The maximum Gasteiger partial charge on any atom is 0.303 e. The fourth-order valence-corrected chi connectivity index (χ4v) is 3.15. The summed E-state index contributed by atoms with van der Waals surface area (Å²) in [5.74, 6) is -0.735. The fourth-order valence-electron chi connectivity index (χ4n) is 3.15. The van der Waals surface area contributed by atoms with Gasteiger partial charge >= 0.3 is 5.97 Å². The molecule has 154 valence electrons. The van der Waals surface area contributed by atoms with Crippen LogP contribution in [0.25, 0.3) is 0 Å². The summed E-state index contributed by atoms with van der Waals surface area (Å²) in [5, 5.41) is 19.1. The molecule has 0 aromatic carbocycles. The number of unbranched alkanes of at least 4 members (excludes halogenated alkanes) is 5. The largest absolute Gasteiger partial charge is 0.481 e. The zero-order valence-electron chi connectivity index (χ0n) is 17.1. The van der Waals surface area contributed by atoms with E-state index in [4.69, 9.17) is 9.84 Å². The second-order valence-electron chi connectivity index (χ2n) is 7.63. The van der Waals surface area contributed by atoms with Gasteiger partial charge in [-0.25, -0.2) is 0 Å². The Bertz CT molecular complexity index is 491. The minimum absolute atomic E-state index is 0.0999. The van der Waals surface area contributed by atoms with E-state index in [1.54, 1.807) is 6.92 Å². The van der Waals surface area contributed by atoms with Gasteiger partial charge in [0, 0.05) is 6.42 Å². The molecule has 1 saturated heterocycles. The molecule has 0 spiro atoms. The molecule has 3 atom stereocenters. The minimum Gasteiger partial charge on any atom is -0.481 e. The van der Waals surface area contributed by atoms with Gasteiger partial charge in [0.25, 0.3) is 0 Å². The number of aliphatic carboxylic acids is 1. The van der Waals surface area contributed by atoms with E-state index in [9.17, 15) is 9.90 Å². The molecule has 0 aromatic rings. The molecule has 0 amide bonds. The van der Waals surface area contributed by atoms with Gasteiger partial charge in [-0.3, -0.25) is 4.79 Å². The van der Waals surface area contributed by atoms with Crippen LogP contribution in [0.2, 0.25) is 0 Å². The highest BCUT2D eigenvalue weighted by molar-refractivity contribution is 5.66. The van der Waals surface area contributed by atoms with Gasteiger partial charge in [0.05, 0.1) is 6.10 Å². The third-order valence-electron chi connectivity index (χ3n) is 4.85. The van der Waals surface area contributed by atoms with Gasteiger partial charge in [-0.05, 0) is 45.4 Å². The Labute approximate surface area is 165 Å². The first kappa shape index (κ1) is 23.6. The molecule has 1 rings (SSSR count). The topological polar surface area (TPSA) is 70.1 Å². The Morgan fingerprint density at radius 2 is 1.70 bits per heavy atom. The normalized spacial score (nSPS) is 22.0. The molecule has 0 bridgehead atoms. The van der Waals surface area contributed by atoms with E-state index in [1.807, 2.05) is 12.2 Å². The number of carboxylic acids is 1. The summed E-state index contributed by atoms with van der Waals surface area (Å²) < 4.78 is 5.62. The molecule has 2 N–H and O–H groups in total. The minimum atomic E-state index is -0.932. The van der Waals surface area contributed by atoms with Crippen LogP contribution in [-0.4, -0.2) is 34.0 Å². The van der Waals surface area contributed by atoms with Crippen LogP contribution >= 0.6 is 0 Å². The molecule has 1 heterocycles. The third-order valence-corrected chi connectivity index (χ3v) is 4.85. The molecule has 3 unspecified atom stereocenters. The predicted octanol–water partition coefficient (Wildman–Crippen LogP) is 5.57. The predicted molar refractivity (Wildman–Crippen MR) is 111 cm³/mol. The smallest absolute Gasteiger partial charge is 0.303 e. The van der Waals surface area contributed by atoms with Gasteiger partial charge in [-0.2, -0.15) is 0 Å². The number of hydrogen-bond donors (Lipinski definition) is 2. The molecule has 0 aliphatic carbocycles. The quantitative estimate of drug-likeness (QED) is 0.209. The van der Waals surface area contributed by atoms with Crippen molar-refractivity contribution in [2.24, 2.45) is 0 Å². The Morgan fingerprint density at radius 3 is 2.41 bits per heavy atom. The lowest BCUT2D eigenvalue weighted by atomic mass is 9.96. The van der Waals surface area contributed by atoms with E-state index < -0.39 is 11.6 Å². The number of carbonyl (C=O) groups is 1. The summed E-state index contributed by atoms with van der Waals surface area (Å²) in [6, 6.07) is 0. The highest BCUT2D eigenvalue weighted by Crippen LogP contribution is 2.36. The third kappa shape index (κ3) is 11.8. The number of epoxide rings is 1. The van der Waals surface area contributed by atoms with Crippen molar-refractivity contribution in [3.05, 3.63) is 36.5 Å². The van der Waals surface area contributed by atoms with Gasteiger partial charge < -0.3 is 14.9 Å². The maximum absolute atomic E-state index is 10.5. The van der Waals surface area contributed by atoms with Crippen LogP contribution in [0.15, 0.2) is 36.5 Å². The highest BCUT2D eigenvalue weighted by atomic mass is 16.6. The Kier molecular flexibility index (Phi) is 12.0. The number of rotatable bonds is 16. The lowest BCUT2D eigenvalue weighted by Gasteiger charge is -2.15. The summed E-state index contributed by atoms with van der Waals surface area (Å²) in [4.78, 5) is 10.5. The Morgan fingerprint density at radius 1 is 1.00 bits per heavy atom. The lowest BCUT2D eigenvalue weighted by Crippen LogP contribution is -2.30. The molecule has 0 aromatic heterocycles. The van der Waals surface area contributed by atoms with Crippen molar-refractivity contribution >= 4 is 5.97 Å². The van der Waals surface area contributed by atoms with Crippen LogP contribution in [0, 0.1) is 0 Å². The molecule has 0 radical (unpaired) electrons. The standard InChI is InChI=1S/C23H38O4/c1-3-4-5-6-7-8-9-10-11-12-16-19-23(2,26)22-20(27-22)17-14-13-15-18-21(24)25/h7-8,10-11,16,19-20,22,26H,3-6,9,12-15,17-18H2,1-2H3,(H,24,25)/b8-7-,11-10-,19-16-. The highest BCUT2D eigenvalue weighted by Gasteiger charge is 2.49. The molecular weight excluding hydrogens is 340 g/mol. The van der Waals surface area contributed by atoms with Crippen molar-refractivity contribution < 1.29 is 19.7 Å². The van der Waals surface area contributed by atoms with Gasteiger partial charge in [-0.1, -0.05) is 69.1 Å². The van der Waals surface area contributed by atoms with Crippen LogP contribution < -0.4 is 0 Å².